The number of esters is 1. The minimum Gasteiger partial charge on any atom is -0.466 e. The molecule has 0 saturated heterocycles. The summed E-state index contributed by atoms with van der Waals surface area (Å²) in [5, 5.41) is 20.6. The monoisotopic (exact) mass is 396 g/mol. The quantitative estimate of drug-likeness (QED) is 0.247. The van der Waals surface area contributed by atoms with Gasteiger partial charge in [-0.25, -0.2) is 0 Å². The summed E-state index contributed by atoms with van der Waals surface area (Å²) in [6.45, 7) is 2.74. The topological polar surface area (TPSA) is 76.0 Å². The second-order valence-electron chi connectivity index (χ2n) is 7.78. The molecule has 0 spiro atoms. The first-order chi connectivity index (χ1) is 13.6. The number of ether oxygens (including phenoxy) is 2. The van der Waals surface area contributed by atoms with Crippen LogP contribution in [-0.4, -0.2) is 48.7 Å². The number of hydrogen-bond acceptors (Lipinski definition) is 5. The molecule has 1 unspecified atom stereocenters. The third kappa shape index (κ3) is 11.0. The van der Waals surface area contributed by atoms with Gasteiger partial charge in [-0.1, -0.05) is 37.1 Å². The highest BCUT2D eigenvalue weighted by atomic mass is 16.5. The molecule has 0 radical (unpaired) electrons. The fourth-order valence-electron chi connectivity index (χ4n) is 3.77. The van der Waals surface area contributed by atoms with E-state index in [0.29, 0.717) is 13.0 Å². The maximum Gasteiger partial charge on any atom is 0.302 e. The predicted octanol–water partition coefficient (Wildman–Crippen LogP) is 4.18. The first-order valence-electron chi connectivity index (χ1n) is 10.9. The maximum absolute atomic E-state index is 10.7. The SMILES string of the molecule is COCCCCCCC=C[C@H]1C(CC=CCCCCOC(C)=O)[C@H](O)C[C@@H]1O. The van der Waals surface area contributed by atoms with Crippen LogP contribution in [0, 0.1) is 11.8 Å². The molecule has 2 N–H and O–H groups in total. The molecule has 4 atom stereocenters. The van der Waals surface area contributed by atoms with Crippen LogP contribution in [0.25, 0.3) is 0 Å². The van der Waals surface area contributed by atoms with Crippen LogP contribution >= 0.6 is 0 Å². The zero-order valence-corrected chi connectivity index (χ0v) is 17.7. The van der Waals surface area contributed by atoms with E-state index in [1.54, 1.807) is 7.11 Å². The Bertz CT molecular complexity index is 460. The number of methoxy groups -OCH3 is 1. The van der Waals surface area contributed by atoms with Gasteiger partial charge in [-0.05, 0) is 50.9 Å². The van der Waals surface area contributed by atoms with Crippen LogP contribution in [0.1, 0.15) is 71.1 Å². The molecule has 28 heavy (non-hydrogen) atoms. The molecule has 1 saturated carbocycles. The summed E-state index contributed by atoms with van der Waals surface area (Å²) in [6, 6.07) is 0. The summed E-state index contributed by atoms with van der Waals surface area (Å²) in [7, 11) is 1.74. The number of aliphatic hydroxyl groups excluding tert-OH is 2. The molecule has 5 nitrogen and oxygen atoms in total. The third-order valence-electron chi connectivity index (χ3n) is 5.39. The molecule has 0 bridgehead atoms. The molecule has 5 heteroatoms. The van der Waals surface area contributed by atoms with E-state index in [0.717, 1.165) is 51.6 Å². The van der Waals surface area contributed by atoms with Gasteiger partial charge in [0.2, 0.25) is 0 Å². The lowest BCUT2D eigenvalue weighted by molar-refractivity contribution is -0.141. The van der Waals surface area contributed by atoms with Crippen molar-refractivity contribution in [3.8, 4) is 0 Å². The zero-order chi connectivity index (χ0) is 20.6. The number of unbranched alkanes of at least 4 members (excludes halogenated alkanes) is 6. The highest BCUT2D eigenvalue weighted by molar-refractivity contribution is 5.65. The fraction of sp³-hybridized carbons (Fsp3) is 0.783. The van der Waals surface area contributed by atoms with Crippen LogP contribution in [0.5, 0.6) is 0 Å². The molecule has 1 aliphatic rings. The fourth-order valence-corrected chi connectivity index (χ4v) is 3.77. The van der Waals surface area contributed by atoms with Crippen molar-refractivity contribution in [3.63, 3.8) is 0 Å². The zero-order valence-electron chi connectivity index (χ0n) is 17.7. The van der Waals surface area contributed by atoms with Gasteiger partial charge in [-0.15, -0.1) is 0 Å². The Labute approximate surface area is 170 Å². The lowest BCUT2D eigenvalue weighted by atomic mass is 9.89. The van der Waals surface area contributed by atoms with Gasteiger partial charge in [0.05, 0.1) is 18.8 Å². The van der Waals surface area contributed by atoms with E-state index in [9.17, 15) is 15.0 Å². The molecule has 0 aliphatic heterocycles. The van der Waals surface area contributed by atoms with Gasteiger partial charge in [0, 0.05) is 33.0 Å². The Balaban J connectivity index is 2.25. The molecular formula is C23H40O5. The minimum absolute atomic E-state index is 0.0390. The first kappa shape index (κ1) is 24.9. The highest BCUT2D eigenvalue weighted by Crippen LogP contribution is 2.36. The van der Waals surface area contributed by atoms with Crippen molar-refractivity contribution >= 4 is 5.97 Å². The normalized spacial score (nSPS) is 25.1. The Hall–Kier alpha value is -1.17. The summed E-state index contributed by atoms with van der Waals surface area (Å²) in [6.07, 6.45) is 17.4. The lowest BCUT2D eigenvalue weighted by Crippen LogP contribution is -2.19. The standard InChI is InChI=1S/C23H40O5/c1-19(24)28-17-13-9-5-7-11-15-21-20(22(25)18-23(21)26)14-10-6-3-4-8-12-16-27-2/h7,10-11,14,20-23,25-26H,3-6,8-9,12-13,15-18H2,1-2H3/t20-,21?,22-,23+/m0/s1. The molecule has 162 valence electrons. The molecule has 1 rings (SSSR count). The Kier molecular flexibility index (Phi) is 14.0. The lowest BCUT2D eigenvalue weighted by Gasteiger charge is -2.19. The predicted molar refractivity (Wildman–Crippen MR) is 112 cm³/mol. The van der Waals surface area contributed by atoms with Crippen molar-refractivity contribution < 1.29 is 24.5 Å². The maximum atomic E-state index is 10.7. The van der Waals surface area contributed by atoms with Crippen LogP contribution in [0.15, 0.2) is 24.3 Å². The van der Waals surface area contributed by atoms with Crippen LogP contribution < -0.4 is 0 Å². The smallest absolute Gasteiger partial charge is 0.302 e. The summed E-state index contributed by atoms with van der Waals surface area (Å²) in [4.78, 5) is 10.7. The van der Waals surface area contributed by atoms with E-state index in [-0.39, 0.29) is 17.8 Å². The summed E-state index contributed by atoms with van der Waals surface area (Å²) in [5.41, 5.74) is 0. The third-order valence-corrected chi connectivity index (χ3v) is 5.39. The number of hydrogen-bond donors (Lipinski definition) is 2. The first-order valence-corrected chi connectivity index (χ1v) is 10.9. The van der Waals surface area contributed by atoms with Gasteiger partial charge >= 0.3 is 5.97 Å². The van der Waals surface area contributed by atoms with Crippen LogP contribution in [0.2, 0.25) is 0 Å². The van der Waals surface area contributed by atoms with Crippen LogP contribution in [0.3, 0.4) is 0 Å². The molecule has 0 aromatic heterocycles. The summed E-state index contributed by atoms with van der Waals surface area (Å²) >= 11 is 0. The van der Waals surface area contributed by atoms with Crippen molar-refractivity contribution in [2.75, 3.05) is 20.3 Å². The van der Waals surface area contributed by atoms with Crippen LogP contribution in [0.4, 0.5) is 0 Å². The van der Waals surface area contributed by atoms with E-state index in [2.05, 4.69) is 24.3 Å². The van der Waals surface area contributed by atoms with Crippen molar-refractivity contribution in [1.29, 1.82) is 0 Å². The summed E-state index contributed by atoms with van der Waals surface area (Å²) < 4.78 is 9.97. The number of aliphatic hydroxyl groups is 2. The van der Waals surface area contributed by atoms with E-state index in [1.165, 1.54) is 19.8 Å². The van der Waals surface area contributed by atoms with Gasteiger partial charge in [0.1, 0.15) is 0 Å². The van der Waals surface area contributed by atoms with Gasteiger partial charge in [0.25, 0.3) is 0 Å². The van der Waals surface area contributed by atoms with E-state index < -0.39 is 12.2 Å². The van der Waals surface area contributed by atoms with Crippen LogP contribution in [-0.2, 0) is 14.3 Å². The number of carbonyl (C=O) groups excluding carboxylic acids is 1. The van der Waals surface area contributed by atoms with Gasteiger partial charge in [0.15, 0.2) is 0 Å². The van der Waals surface area contributed by atoms with E-state index in [1.807, 2.05) is 0 Å². The Morgan fingerprint density at radius 3 is 2.36 bits per heavy atom. The molecule has 1 fully saturated rings. The number of carbonyl (C=O) groups is 1. The van der Waals surface area contributed by atoms with E-state index in [4.69, 9.17) is 9.47 Å². The molecule has 0 heterocycles. The Morgan fingerprint density at radius 2 is 1.61 bits per heavy atom. The van der Waals surface area contributed by atoms with Crippen molar-refractivity contribution in [1.82, 2.24) is 0 Å². The minimum atomic E-state index is -0.449. The van der Waals surface area contributed by atoms with Crippen molar-refractivity contribution in [3.05, 3.63) is 24.3 Å². The van der Waals surface area contributed by atoms with E-state index >= 15 is 0 Å². The second-order valence-corrected chi connectivity index (χ2v) is 7.78. The molecule has 0 amide bonds. The molecular weight excluding hydrogens is 356 g/mol. The summed E-state index contributed by atoms with van der Waals surface area (Å²) in [5.74, 6) is -0.100. The van der Waals surface area contributed by atoms with Gasteiger partial charge < -0.3 is 19.7 Å². The number of allylic oxidation sites excluding steroid dienone is 3. The number of rotatable bonds is 15. The molecule has 1 aliphatic carbocycles. The highest BCUT2D eigenvalue weighted by Gasteiger charge is 2.39. The molecule has 0 aromatic carbocycles. The van der Waals surface area contributed by atoms with Crippen molar-refractivity contribution in [2.24, 2.45) is 11.8 Å². The Morgan fingerprint density at radius 1 is 0.929 bits per heavy atom. The van der Waals surface area contributed by atoms with Crippen molar-refractivity contribution in [2.45, 2.75) is 83.3 Å². The average Bonchev–Trinajstić information content (AvgIpc) is 2.92. The van der Waals surface area contributed by atoms with Gasteiger partial charge in [-0.2, -0.15) is 0 Å². The largest absolute Gasteiger partial charge is 0.466 e. The molecule has 0 aromatic rings. The average molecular weight is 397 g/mol. The van der Waals surface area contributed by atoms with Gasteiger partial charge in [-0.3, -0.25) is 4.79 Å². The second kappa shape index (κ2) is 15.7.